The molecule has 0 heterocycles. The number of nitrogens with one attached hydrogen (secondary N) is 1. The fraction of sp³-hybridized carbons (Fsp3) is 0.875. The second-order valence-corrected chi connectivity index (χ2v) is 3.01. The van der Waals surface area contributed by atoms with Gasteiger partial charge in [0.15, 0.2) is 0 Å². The van der Waals surface area contributed by atoms with E-state index in [0.29, 0.717) is 0 Å². The van der Waals surface area contributed by atoms with Crippen molar-refractivity contribution in [2.24, 2.45) is 0 Å². The summed E-state index contributed by atoms with van der Waals surface area (Å²) in [6.07, 6.45) is 1.84. The monoisotopic (exact) mass is 173 g/mol. The number of carbonyl (C=O) groups excluding carboxylic acids is 1. The quantitative estimate of drug-likeness (QED) is 0.604. The normalized spacial score (nSPS) is 21.6. The number of hydrogen-bond donors (Lipinski definition) is 1. The minimum Gasteiger partial charge on any atom is -0.468 e. The van der Waals surface area contributed by atoms with Crippen molar-refractivity contribution in [1.29, 1.82) is 0 Å². The smallest absolute Gasteiger partial charge is 0.325 e. The van der Waals surface area contributed by atoms with E-state index in [2.05, 4.69) is 10.1 Å². The largest absolute Gasteiger partial charge is 0.468 e. The first-order valence-electron chi connectivity index (χ1n) is 4.00. The van der Waals surface area contributed by atoms with Crippen LogP contribution in [0.4, 0.5) is 0 Å². The average Bonchev–Trinajstić information content (AvgIpc) is 2.87. The molecule has 12 heavy (non-hydrogen) atoms. The van der Waals surface area contributed by atoms with Gasteiger partial charge in [-0.2, -0.15) is 0 Å². The van der Waals surface area contributed by atoms with E-state index < -0.39 is 0 Å². The zero-order valence-electron chi connectivity index (χ0n) is 7.72. The maximum absolute atomic E-state index is 11.2. The Balaban J connectivity index is 2.61. The Kier molecular flexibility index (Phi) is 2.69. The van der Waals surface area contributed by atoms with Crippen molar-refractivity contribution in [3.8, 4) is 0 Å². The van der Waals surface area contributed by atoms with E-state index in [9.17, 15) is 4.79 Å². The van der Waals surface area contributed by atoms with Gasteiger partial charge in [0.25, 0.3) is 0 Å². The SMILES string of the molecule is CN[C@H](C(=O)OC)C1(OC)CC1. The Morgan fingerprint density at radius 1 is 1.50 bits per heavy atom. The van der Waals surface area contributed by atoms with Crippen LogP contribution in [0.5, 0.6) is 0 Å². The molecule has 4 heteroatoms. The number of ether oxygens (including phenoxy) is 2. The first-order valence-corrected chi connectivity index (χ1v) is 4.00. The molecule has 0 radical (unpaired) electrons. The molecule has 70 valence electrons. The van der Waals surface area contributed by atoms with Gasteiger partial charge in [-0.15, -0.1) is 0 Å². The third-order valence-corrected chi connectivity index (χ3v) is 2.40. The van der Waals surface area contributed by atoms with Crippen LogP contribution < -0.4 is 5.32 Å². The lowest BCUT2D eigenvalue weighted by Gasteiger charge is -2.22. The lowest BCUT2D eigenvalue weighted by molar-refractivity contribution is -0.147. The Bertz CT molecular complexity index is 177. The van der Waals surface area contributed by atoms with Gasteiger partial charge in [0.2, 0.25) is 0 Å². The number of carbonyl (C=O) groups is 1. The van der Waals surface area contributed by atoms with E-state index in [-0.39, 0.29) is 17.6 Å². The molecular formula is C8H15NO3. The minimum absolute atomic E-state index is 0.253. The second-order valence-electron chi connectivity index (χ2n) is 3.01. The van der Waals surface area contributed by atoms with Crippen LogP contribution in [-0.2, 0) is 14.3 Å². The molecule has 1 saturated carbocycles. The Hall–Kier alpha value is -0.610. The summed E-state index contributed by atoms with van der Waals surface area (Å²) >= 11 is 0. The molecule has 0 unspecified atom stereocenters. The van der Waals surface area contributed by atoms with Gasteiger partial charge < -0.3 is 14.8 Å². The predicted octanol–water partition coefficient (Wildman–Crippen LogP) is -0.0736. The van der Waals surface area contributed by atoms with Crippen LogP contribution in [0, 0.1) is 0 Å². The van der Waals surface area contributed by atoms with Gasteiger partial charge in [0, 0.05) is 7.11 Å². The Morgan fingerprint density at radius 2 is 2.08 bits per heavy atom. The fourth-order valence-corrected chi connectivity index (χ4v) is 1.45. The molecule has 0 aromatic rings. The summed E-state index contributed by atoms with van der Waals surface area (Å²) < 4.78 is 9.91. The maximum atomic E-state index is 11.2. The molecule has 4 nitrogen and oxygen atoms in total. The molecule has 1 rings (SSSR count). The average molecular weight is 173 g/mol. The van der Waals surface area contributed by atoms with Crippen molar-refractivity contribution in [3.63, 3.8) is 0 Å². The molecule has 1 aliphatic rings. The molecule has 1 atom stereocenters. The van der Waals surface area contributed by atoms with Crippen molar-refractivity contribution in [2.45, 2.75) is 24.5 Å². The van der Waals surface area contributed by atoms with Gasteiger partial charge in [0.05, 0.1) is 12.7 Å². The maximum Gasteiger partial charge on any atom is 0.325 e. The van der Waals surface area contributed by atoms with Gasteiger partial charge in [-0.1, -0.05) is 0 Å². The molecule has 0 spiro atoms. The molecule has 0 saturated heterocycles. The Labute approximate surface area is 72.2 Å². The number of rotatable bonds is 4. The van der Waals surface area contributed by atoms with E-state index in [0.717, 1.165) is 12.8 Å². The number of likely N-dealkylation sites (N-methyl/N-ethyl adjacent to an activating group) is 1. The van der Waals surface area contributed by atoms with E-state index in [1.165, 1.54) is 7.11 Å². The summed E-state index contributed by atoms with van der Waals surface area (Å²) in [4.78, 5) is 11.2. The second kappa shape index (κ2) is 3.41. The molecule has 0 aliphatic heterocycles. The summed E-state index contributed by atoms with van der Waals surface area (Å²) in [5.41, 5.74) is -0.304. The molecule has 0 bridgehead atoms. The zero-order valence-corrected chi connectivity index (χ0v) is 7.72. The van der Waals surface area contributed by atoms with Gasteiger partial charge in [-0.25, -0.2) is 0 Å². The summed E-state index contributed by atoms with van der Waals surface area (Å²) in [7, 11) is 4.75. The highest BCUT2D eigenvalue weighted by atomic mass is 16.5. The molecule has 1 fully saturated rings. The third-order valence-electron chi connectivity index (χ3n) is 2.40. The minimum atomic E-state index is -0.326. The zero-order chi connectivity index (χ0) is 9.19. The van der Waals surface area contributed by atoms with Crippen LogP contribution in [0.1, 0.15) is 12.8 Å². The Morgan fingerprint density at radius 3 is 2.33 bits per heavy atom. The van der Waals surface area contributed by atoms with Gasteiger partial charge in [0.1, 0.15) is 6.04 Å². The third kappa shape index (κ3) is 1.44. The van der Waals surface area contributed by atoms with Gasteiger partial charge in [-0.3, -0.25) is 4.79 Å². The molecular weight excluding hydrogens is 158 g/mol. The summed E-state index contributed by atoms with van der Waals surface area (Å²) in [5.74, 6) is -0.253. The van der Waals surface area contributed by atoms with Crippen LogP contribution in [0.2, 0.25) is 0 Å². The van der Waals surface area contributed by atoms with Crippen LogP contribution in [0.15, 0.2) is 0 Å². The molecule has 1 aliphatic carbocycles. The number of esters is 1. The van der Waals surface area contributed by atoms with E-state index in [1.807, 2.05) is 0 Å². The van der Waals surface area contributed by atoms with Crippen LogP contribution in [-0.4, -0.2) is 38.9 Å². The number of methoxy groups -OCH3 is 2. The van der Waals surface area contributed by atoms with E-state index >= 15 is 0 Å². The van der Waals surface area contributed by atoms with Crippen molar-refractivity contribution in [1.82, 2.24) is 5.32 Å². The lowest BCUT2D eigenvalue weighted by Crippen LogP contribution is -2.47. The molecule has 0 aromatic carbocycles. The predicted molar refractivity (Wildman–Crippen MR) is 43.8 cm³/mol. The number of hydrogen-bond acceptors (Lipinski definition) is 4. The molecule has 0 amide bonds. The first-order chi connectivity index (χ1) is 5.70. The molecule has 1 N–H and O–H groups in total. The topological polar surface area (TPSA) is 47.6 Å². The van der Waals surface area contributed by atoms with E-state index in [4.69, 9.17) is 4.74 Å². The summed E-state index contributed by atoms with van der Waals surface area (Å²) in [6.45, 7) is 0. The summed E-state index contributed by atoms with van der Waals surface area (Å²) in [6, 6.07) is -0.326. The van der Waals surface area contributed by atoms with Crippen molar-refractivity contribution in [2.75, 3.05) is 21.3 Å². The fourth-order valence-electron chi connectivity index (χ4n) is 1.45. The highest BCUT2D eigenvalue weighted by molar-refractivity contribution is 5.78. The van der Waals surface area contributed by atoms with Gasteiger partial charge >= 0.3 is 5.97 Å². The van der Waals surface area contributed by atoms with Crippen LogP contribution >= 0.6 is 0 Å². The van der Waals surface area contributed by atoms with Crippen LogP contribution in [0.25, 0.3) is 0 Å². The lowest BCUT2D eigenvalue weighted by atomic mass is 10.1. The van der Waals surface area contributed by atoms with Crippen LogP contribution in [0.3, 0.4) is 0 Å². The summed E-state index contributed by atoms with van der Waals surface area (Å²) in [5, 5.41) is 2.91. The van der Waals surface area contributed by atoms with Crippen molar-refractivity contribution in [3.05, 3.63) is 0 Å². The standard InChI is InChI=1S/C8H15NO3/c1-9-6(7(10)11-2)8(12-3)4-5-8/h6,9H,4-5H2,1-3H3/t6-/m1/s1. The van der Waals surface area contributed by atoms with E-state index in [1.54, 1.807) is 14.2 Å². The van der Waals surface area contributed by atoms with Gasteiger partial charge in [-0.05, 0) is 19.9 Å². The first kappa shape index (κ1) is 9.48. The highest BCUT2D eigenvalue weighted by Gasteiger charge is 2.53. The van der Waals surface area contributed by atoms with Crippen molar-refractivity contribution >= 4 is 5.97 Å². The van der Waals surface area contributed by atoms with Crippen molar-refractivity contribution < 1.29 is 14.3 Å². The highest BCUT2D eigenvalue weighted by Crippen LogP contribution is 2.42. The molecule has 0 aromatic heterocycles.